The Labute approximate surface area is 159 Å². The van der Waals surface area contributed by atoms with Gasteiger partial charge in [0.05, 0.1) is 25.4 Å². The average molecular weight is 376 g/mol. The monoisotopic (exact) mass is 376 g/mol. The van der Waals surface area contributed by atoms with Crippen LogP contribution in [0.5, 0.6) is 5.75 Å². The molecule has 1 heterocycles. The van der Waals surface area contributed by atoms with Crippen molar-refractivity contribution >= 4 is 11.9 Å². The highest BCUT2D eigenvalue weighted by Gasteiger charge is 2.26. The van der Waals surface area contributed by atoms with E-state index in [9.17, 15) is 9.59 Å². The summed E-state index contributed by atoms with van der Waals surface area (Å²) >= 11 is 0. The number of carboxylic acid groups (broad SMARTS) is 1. The van der Waals surface area contributed by atoms with Crippen molar-refractivity contribution in [1.29, 1.82) is 0 Å². The fraction of sp³-hybridized carbons (Fsp3) is 0.600. The number of benzene rings is 1. The van der Waals surface area contributed by atoms with Gasteiger partial charge in [0.1, 0.15) is 5.75 Å². The first-order chi connectivity index (χ1) is 13.0. The van der Waals surface area contributed by atoms with E-state index in [0.717, 1.165) is 18.6 Å². The van der Waals surface area contributed by atoms with E-state index in [4.69, 9.17) is 14.6 Å². The number of nitrogens with zero attached hydrogens (tertiary/aromatic N) is 2. The van der Waals surface area contributed by atoms with Crippen LogP contribution in [0, 0.1) is 0 Å². The molecule has 1 saturated carbocycles. The lowest BCUT2D eigenvalue weighted by Gasteiger charge is -2.34. The van der Waals surface area contributed by atoms with Gasteiger partial charge in [0, 0.05) is 25.2 Å². The highest BCUT2D eigenvalue weighted by atomic mass is 16.5. The van der Waals surface area contributed by atoms with Gasteiger partial charge in [-0.05, 0) is 50.9 Å². The highest BCUT2D eigenvalue weighted by molar-refractivity contribution is 5.94. The number of hydrogen-bond acceptors (Lipinski definition) is 5. The van der Waals surface area contributed by atoms with E-state index in [0.29, 0.717) is 31.8 Å². The molecule has 27 heavy (non-hydrogen) atoms. The Hall–Kier alpha value is -2.12. The summed E-state index contributed by atoms with van der Waals surface area (Å²) in [4.78, 5) is 27.2. The maximum atomic E-state index is 12.9. The molecule has 1 amide bonds. The van der Waals surface area contributed by atoms with E-state index in [1.807, 2.05) is 24.3 Å². The van der Waals surface area contributed by atoms with Crippen molar-refractivity contribution in [1.82, 2.24) is 9.80 Å². The molecule has 7 heteroatoms. The molecule has 1 aromatic rings. The molecule has 7 nitrogen and oxygen atoms in total. The maximum absolute atomic E-state index is 12.9. The zero-order valence-electron chi connectivity index (χ0n) is 15.8. The number of amides is 1. The molecule has 1 aliphatic carbocycles. The van der Waals surface area contributed by atoms with Crippen molar-refractivity contribution in [2.75, 3.05) is 39.8 Å². The Bertz CT molecular complexity index is 660. The number of carbonyl (C=O) groups excluding carboxylic acids is 1. The molecule has 0 radical (unpaired) electrons. The number of ether oxygens (including phenoxy) is 2. The standard InChI is InChI=1S/C20H28N2O5/c1-21(14-19(23)24)12-18-13-22(9-10-26-18)20(25)15-5-4-8-17(11-15)27-16-6-2-3-7-16/h4-5,8,11,16,18H,2-3,6-7,9-10,12-14H2,1H3,(H,23,24). The lowest BCUT2D eigenvalue weighted by molar-refractivity contribution is -0.138. The predicted molar refractivity (Wildman–Crippen MR) is 100 cm³/mol. The Balaban J connectivity index is 1.58. The van der Waals surface area contributed by atoms with Crippen molar-refractivity contribution in [3.8, 4) is 5.75 Å². The van der Waals surface area contributed by atoms with Crippen LogP contribution >= 0.6 is 0 Å². The summed E-state index contributed by atoms with van der Waals surface area (Å²) in [5.41, 5.74) is 0.616. The second-order valence-electron chi connectivity index (χ2n) is 7.39. The van der Waals surface area contributed by atoms with Crippen LogP contribution in [0.4, 0.5) is 0 Å². The topological polar surface area (TPSA) is 79.3 Å². The van der Waals surface area contributed by atoms with E-state index in [1.54, 1.807) is 16.8 Å². The third-order valence-electron chi connectivity index (χ3n) is 5.03. The molecule has 1 unspecified atom stereocenters. The normalized spacial score (nSPS) is 20.8. The Morgan fingerprint density at radius 3 is 2.85 bits per heavy atom. The number of hydrogen-bond donors (Lipinski definition) is 1. The van der Waals surface area contributed by atoms with Crippen LogP contribution in [0.1, 0.15) is 36.0 Å². The summed E-state index contributed by atoms with van der Waals surface area (Å²) in [5.74, 6) is -0.167. The number of carbonyl (C=O) groups is 2. The first-order valence-corrected chi connectivity index (χ1v) is 9.59. The van der Waals surface area contributed by atoms with E-state index in [1.165, 1.54) is 12.8 Å². The molecule has 1 aromatic carbocycles. The van der Waals surface area contributed by atoms with Gasteiger partial charge in [-0.1, -0.05) is 6.07 Å². The highest BCUT2D eigenvalue weighted by Crippen LogP contribution is 2.25. The zero-order chi connectivity index (χ0) is 19.2. The number of aliphatic carboxylic acids is 1. The summed E-state index contributed by atoms with van der Waals surface area (Å²) in [6.07, 6.45) is 4.63. The molecular formula is C20H28N2O5. The SMILES string of the molecule is CN(CC(=O)O)CC1CN(C(=O)c2cccc(OC3CCCC3)c2)CCO1. The molecule has 148 valence electrons. The van der Waals surface area contributed by atoms with Crippen molar-refractivity contribution in [2.45, 2.75) is 37.9 Å². The molecule has 2 aliphatic rings. The van der Waals surface area contributed by atoms with Crippen LogP contribution in [0.25, 0.3) is 0 Å². The molecule has 1 N–H and O–H groups in total. The van der Waals surface area contributed by atoms with E-state index in [2.05, 4.69) is 0 Å². The Morgan fingerprint density at radius 1 is 1.33 bits per heavy atom. The minimum Gasteiger partial charge on any atom is -0.490 e. The van der Waals surface area contributed by atoms with Crippen molar-refractivity contribution in [3.05, 3.63) is 29.8 Å². The second-order valence-corrected chi connectivity index (χ2v) is 7.39. The minimum absolute atomic E-state index is 0.0407. The molecule has 1 saturated heterocycles. The first kappa shape index (κ1) is 19.6. The molecule has 1 atom stereocenters. The molecule has 0 aromatic heterocycles. The summed E-state index contributed by atoms with van der Waals surface area (Å²) in [5, 5.41) is 8.87. The van der Waals surface area contributed by atoms with Gasteiger partial charge in [0.15, 0.2) is 0 Å². The van der Waals surface area contributed by atoms with Crippen LogP contribution in [-0.2, 0) is 9.53 Å². The van der Waals surface area contributed by atoms with Crippen molar-refractivity contribution in [3.63, 3.8) is 0 Å². The van der Waals surface area contributed by atoms with Gasteiger partial charge in [-0.2, -0.15) is 0 Å². The molecule has 3 rings (SSSR count). The zero-order valence-corrected chi connectivity index (χ0v) is 15.8. The van der Waals surface area contributed by atoms with E-state index in [-0.39, 0.29) is 24.7 Å². The van der Waals surface area contributed by atoms with Gasteiger partial charge in [-0.3, -0.25) is 14.5 Å². The fourth-order valence-electron chi connectivity index (χ4n) is 3.74. The maximum Gasteiger partial charge on any atom is 0.317 e. The van der Waals surface area contributed by atoms with E-state index < -0.39 is 5.97 Å². The largest absolute Gasteiger partial charge is 0.490 e. The number of morpholine rings is 1. The van der Waals surface area contributed by atoms with Crippen LogP contribution in [0.3, 0.4) is 0 Å². The van der Waals surface area contributed by atoms with Crippen LogP contribution < -0.4 is 4.74 Å². The first-order valence-electron chi connectivity index (χ1n) is 9.59. The van der Waals surface area contributed by atoms with Gasteiger partial charge in [0.25, 0.3) is 5.91 Å². The lowest BCUT2D eigenvalue weighted by Crippen LogP contribution is -2.49. The van der Waals surface area contributed by atoms with E-state index >= 15 is 0 Å². The van der Waals surface area contributed by atoms with Gasteiger partial charge >= 0.3 is 5.97 Å². The fourth-order valence-corrected chi connectivity index (χ4v) is 3.74. The summed E-state index contributed by atoms with van der Waals surface area (Å²) in [6, 6.07) is 7.39. The molecule has 1 aliphatic heterocycles. The summed E-state index contributed by atoms with van der Waals surface area (Å²) < 4.78 is 11.7. The predicted octanol–water partition coefficient (Wildman–Crippen LogP) is 1.87. The van der Waals surface area contributed by atoms with Gasteiger partial charge in [0.2, 0.25) is 0 Å². The quantitative estimate of drug-likeness (QED) is 0.783. The Kier molecular flexibility index (Phi) is 6.68. The third kappa shape index (κ3) is 5.68. The molecule has 0 spiro atoms. The Morgan fingerprint density at radius 2 is 2.11 bits per heavy atom. The average Bonchev–Trinajstić information content (AvgIpc) is 3.14. The molecule has 0 bridgehead atoms. The summed E-state index contributed by atoms with van der Waals surface area (Å²) in [6.45, 7) is 1.87. The van der Waals surface area contributed by atoms with Crippen LogP contribution in [0.2, 0.25) is 0 Å². The van der Waals surface area contributed by atoms with Gasteiger partial charge < -0.3 is 19.5 Å². The number of rotatable bonds is 7. The lowest BCUT2D eigenvalue weighted by atomic mass is 10.1. The van der Waals surface area contributed by atoms with Crippen LogP contribution in [-0.4, -0.2) is 78.8 Å². The molecule has 2 fully saturated rings. The minimum atomic E-state index is -0.875. The third-order valence-corrected chi connectivity index (χ3v) is 5.03. The van der Waals surface area contributed by atoms with Gasteiger partial charge in [-0.25, -0.2) is 0 Å². The number of carboxylic acids is 1. The smallest absolute Gasteiger partial charge is 0.317 e. The van der Waals surface area contributed by atoms with Gasteiger partial charge in [-0.15, -0.1) is 0 Å². The van der Waals surface area contributed by atoms with Crippen LogP contribution in [0.15, 0.2) is 24.3 Å². The van der Waals surface area contributed by atoms with Crippen molar-refractivity contribution < 1.29 is 24.2 Å². The van der Waals surface area contributed by atoms with Crippen molar-refractivity contribution in [2.24, 2.45) is 0 Å². The summed E-state index contributed by atoms with van der Waals surface area (Å²) in [7, 11) is 1.74. The number of likely N-dealkylation sites (N-methyl/N-ethyl adjacent to an activating group) is 1. The second kappa shape index (κ2) is 9.19. The molecular weight excluding hydrogens is 348 g/mol.